The molecule has 0 fully saturated rings. The van der Waals surface area contributed by atoms with E-state index in [4.69, 9.17) is 15.7 Å². The van der Waals surface area contributed by atoms with Gasteiger partial charge in [0, 0.05) is 18.2 Å². The summed E-state index contributed by atoms with van der Waals surface area (Å²) in [7, 11) is 0. The molecular formula is C15H21N3O2. The predicted molar refractivity (Wildman–Crippen MR) is 78.3 cm³/mol. The minimum absolute atomic E-state index is 0.00145. The van der Waals surface area contributed by atoms with Crippen molar-refractivity contribution in [1.82, 2.24) is 0 Å². The molecule has 1 aromatic carbocycles. The van der Waals surface area contributed by atoms with Crippen LogP contribution in [0.5, 0.6) is 5.75 Å². The van der Waals surface area contributed by atoms with Crippen LogP contribution >= 0.6 is 0 Å². The Kier molecular flexibility index (Phi) is 7.85. The number of benzene rings is 1. The van der Waals surface area contributed by atoms with Gasteiger partial charge < -0.3 is 15.8 Å². The molecule has 0 radical (unpaired) electrons. The first kappa shape index (κ1) is 16.0. The van der Waals surface area contributed by atoms with Crippen LogP contribution in [0, 0.1) is 11.3 Å². The highest BCUT2D eigenvalue weighted by Gasteiger charge is 2.03. The van der Waals surface area contributed by atoms with Gasteiger partial charge in [-0.3, -0.25) is 4.79 Å². The molecule has 0 aliphatic rings. The van der Waals surface area contributed by atoms with Gasteiger partial charge in [-0.15, -0.1) is 0 Å². The second-order valence-electron chi connectivity index (χ2n) is 4.48. The fourth-order valence-corrected chi connectivity index (χ4v) is 1.79. The van der Waals surface area contributed by atoms with E-state index in [9.17, 15) is 4.79 Å². The van der Waals surface area contributed by atoms with E-state index < -0.39 is 0 Å². The van der Waals surface area contributed by atoms with E-state index in [-0.39, 0.29) is 12.5 Å². The molecule has 0 aliphatic heterocycles. The minimum Gasteiger partial charge on any atom is -0.479 e. The first-order valence-corrected chi connectivity index (χ1v) is 6.86. The average molecular weight is 275 g/mol. The van der Waals surface area contributed by atoms with Crippen molar-refractivity contribution in [1.29, 1.82) is 5.26 Å². The van der Waals surface area contributed by atoms with Crippen molar-refractivity contribution in [2.45, 2.75) is 32.1 Å². The monoisotopic (exact) mass is 275 g/mol. The second kappa shape index (κ2) is 9.82. The maximum atomic E-state index is 11.7. The minimum atomic E-state index is -0.00446. The maximum Gasteiger partial charge on any atom is 0.224 e. The molecule has 3 N–H and O–H groups in total. The molecule has 0 aromatic heterocycles. The van der Waals surface area contributed by atoms with E-state index in [1.165, 1.54) is 0 Å². The molecule has 0 bridgehead atoms. The topological polar surface area (TPSA) is 88.1 Å². The SMILES string of the molecule is N#CCOc1cccc(NC(=O)CCCCCCN)c1. The molecule has 0 aliphatic carbocycles. The zero-order valence-corrected chi connectivity index (χ0v) is 11.6. The Balaban J connectivity index is 2.32. The van der Waals surface area contributed by atoms with Crippen LogP contribution in [0.4, 0.5) is 5.69 Å². The summed E-state index contributed by atoms with van der Waals surface area (Å²) in [5, 5.41) is 11.3. The number of nitrogens with zero attached hydrogens (tertiary/aromatic N) is 1. The molecule has 0 saturated heterocycles. The lowest BCUT2D eigenvalue weighted by molar-refractivity contribution is -0.116. The lowest BCUT2D eigenvalue weighted by Crippen LogP contribution is -2.11. The van der Waals surface area contributed by atoms with Gasteiger partial charge in [0.25, 0.3) is 0 Å². The fraction of sp³-hybridized carbons (Fsp3) is 0.467. The Morgan fingerprint density at radius 2 is 2.10 bits per heavy atom. The van der Waals surface area contributed by atoms with Gasteiger partial charge in [0.05, 0.1) is 0 Å². The predicted octanol–water partition coefficient (Wildman–Crippen LogP) is 2.44. The summed E-state index contributed by atoms with van der Waals surface area (Å²) in [6.45, 7) is 0.709. The number of hydrogen-bond donors (Lipinski definition) is 2. The molecule has 5 nitrogen and oxygen atoms in total. The molecule has 1 rings (SSSR count). The highest BCUT2D eigenvalue weighted by Crippen LogP contribution is 2.17. The van der Waals surface area contributed by atoms with Gasteiger partial charge in [-0.05, 0) is 31.5 Å². The first-order valence-electron chi connectivity index (χ1n) is 6.86. The normalized spacial score (nSPS) is 9.80. The smallest absolute Gasteiger partial charge is 0.224 e. The molecule has 0 spiro atoms. The molecule has 0 heterocycles. The summed E-state index contributed by atoms with van der Waals surface area (Å²) in [6.07, 6.45) is 4.49. The number of hydrogen-bond acceptors (Lipinski definition) is 4. The van der Waals surface area contributed by atoms with Crippen LogP contribution in [0.1, 0.15) is 32.1 Å². The number of amides is 1. The average Bonchev–Trinajstić information content (AvgIpc) is 2.45. The maximum absolute atomic E-state index is 11.7. The van der Waals surface area contributed by atoms with Gasteiger partial charge in [-0.2, -0.15) is 5.26 Å². The second-order valence-corrected chi connectivity index (χ2v) is 4.48. The molecule has 1 aromatic rings. The number of nitrogens with two attached hydrogens (primary N) is 1. The first-order chi connectivity index (χ1) is 9.76. The van der Waals surface area contributed by atoms with Crippen LogP contribution in [0.3, 0.4) is 0 Å². The zero-order valence-electron chi connectivity index (χ0n) is 11.6. The number of ether oxygens (including phenoxy) is 1. The van der Waals surface area contributed by atoms with Crippen LogP contribution in [0.25, 0.3) is 0 Å². The summed E-state index contributed by atoms with van der Waals surface area (Å²) < 4.78 is 5.18. The third-order valence-corrected chi connectivity index (χ3v) is 2.78. The van der Waals surface area contributed by atoms with Gasteiger partial charge in [0.15, 0.2) is 6.61 Å². The number of nitriles is 1. The van der Waals surface area contributed by atoms with Crippen LogP contribution in [-0.4, -0.2) is 19.1 Å². The molecule has 0 unspecified atom stereocenters. The number of carbonyl (C=O) groups excluding carboxylic acids is 1. The number of rotatable bonds is 9. The van der Waals surface area contributed by atoms with Crippen LogP contribution < -0.4 is 15.8 Å². The molecule has 108 valence electrons. The standard InChI is InChI=1S/C15H21N3O2/c16-9-4-2-1-3-8-15(19)18-13-6-5-7-14(12-13)20-11-10-17/h5-7,12H,1-4,8-9,11,16H2,(H,18,19). The van der Waals surface area contributed by atoms with E-state index in [1.807, 2.05) is 6.07 Å². The summed E-state index contributed by atoms with van der Waals surface area (Å²) in [5.74, 6) is 0.572. The Morgan fingerprint density at radius 3 is 2.85 bits per heavy atom. The van der Waals surface area contributed by atoms with E-state index in [0.29, 0.717) is 24.4 Å². The van der Waals surface area contributed by atoms with Gasteiger partial charge in [0.1, 0.15) is 11.8 Å². The third-order valence-electron chi connectivity index (χ3n) is 2.78. The van der Waals surface area contributed by atoms with E-state index in [0.717, 1.165) is 25.7 Å². The van der Waals surface area contributed by atoms with Gasteiger partial charge in [-0.1, -0.05) is 18.9 Å². The third kappa shape index (κ3) is 6.76. The molecule has 20 heavy (non-hydrogen) atoms. The summed E-state index contributed by atoms with van der Waals surface area (Å²) >= 11 is 0. The van der Waals surface area contributed by atoms with E-state index >= 15 is 0 Å². The number of unbranched alkanes of at least 4 members (excludes halogenated alkanes) is 3. The van der Waals surface area contributed by atoms with E-state index in [1.54, 1.807) is 24.3 Å². The van der Waals surface area contributed by atoms with Crippen LogP contribution in [-0.2, 0) is 4.79 Å². The van der Waals surface area contributed by atoms with Gasteiger partial charge >= 0.3 is 0 Å². The highest BCUT2D eigenvalue weighted by atomic mass is 16.5. The molecular weight excluding hydrogens is 254 g/mol. The quantitative estimate of drug-likeness (QED) is 0.677. The van der Waals surface area contributed by atoms with Crippen molar-refractivity contribution < 1.29 is 9.53 Å². The van der Waals surface area contributed by atoms with E-state index in [2.05, 4.69) is 5.32 Å². The number of carbonyl (C=O) groups is 1. The molecule has 0 atom stereocenters. The van der Waals surface area contributed by atoms with Gasteiger partial charge in [-0.25, -0.2) is 0 Å². The van der Waals surface area contributed by atoms with Crippen molar-refractivity contribution in [2.24, 2.45) is 5.73 Å². The number of anilines is 1. The summed E-state index contributed by atoms with van der Waals surface area (Å²) in [6, 6.07) is 8.94. The Morgan fingerprint density at radius 1 is 1.30 bits per heavy atom. The van der Waals surface area contributed by atoms with Crippen molar-refractivity contribution in [2.75, 3.05) is 18.5 Å². The largest absolute Gasteiger partial charge is 0.479 e. The van der Waals surface area contributed by atoms with Crippen LogP contribution in [0.2, 0.25) is 0 Å². The fourth-order valence-electron chi connectivity index (χ4n) is 1.79. The van der Waals surface area contributed by atoms with Crippen molar-refractivity contribution in [3.8, 4) is 11.8 Å². The lowest BCUT2D eigenvalue weighted by atomic mass is 10.1. The summed E-state index contributed by atoms with van der Waals surface area (Å²) in [4.78, 5) is 11.7. The van der Waals surface area contributed by atoms with Gasteiger partial charge in [0.2, 0.25) is 5.91 Å². The molecule has 0 saturated carbocycles. The van der Waals surface area contributed by atoms with Crippen molar-refractivity contribution >= 4 is 11.6 Å². The Hall–Kier alpha value is -2.06. The van der Waals surface area contributed by atoms with Crippen molar-refractivity contribution in [3.05, 3.63) is 24.3 Å². The van der Waals surface area contributed by atoms with Crippen LogP contribution in [0.15, 0.2) is 24.3 Å². The lowest BCUT2D eigenvalue weighted by Gasteiger charge is -2.07. The highest BCUT2D eigenvalue weighted by molar-refractivity contribution is 5.90. The molecule has 1 amide bonds. The zero-order chi connectivity index (χ0) is 14.6. The molecule has 5 heteroatoms. The van der Waals surface area contributed by atoms with Crippen molar-refractivity contribution in [3.63, 3.8) is 0 Å². The summed E-state index contributed by atoms with van der Waals surface area (Å²) in [5.41, 5.74) is 6.10. The Labute approximate surface area is 119 Å². The Bertz CT molecular complexity index is 455. The number of nitrogens with one attached hydrogen (secondary N) is 1.